The van der Waals surface area contributed by atoms with Gasteiger partial charge in [0.1, 0.15) is 11.3 Å². The molecule has 88 valence electrons. The highest BCUT2D eigenvalue weighted by molar-refractivity contribution is 6.01. The lowest BCUT2D eigenvalue weighted by atomic mass is 10.1. The highest BCUT2D eigenvalue weighted by Gasteiger charge is 2.15. The lowest BCUT2D eigenvalue weighted by molar-refractivity contribution is 0.0375. The van der Waals surface area contributed by atoms with Crippen LogP contribution in [0.1, 0.15) is 24.2 Å². The van der Waals surface area contributed by atoms with Gasteiger partial charge >= 0.3 is 5.97 Å². The molecule has 3 heteroatoms. The number of esters is 1. The Balaban J connectivity index is 2.49. The quantitative estimate of drug-likeness (QED) is 0.806. The fourth-order valence-corrected chi connectivity index (χ4v) is 1.70. The second-order valence-corrected chi connectivity index (χ2v) is 4.14. The van der Waals surface area contributed by atoms with Gasteiger partial charge in [-0.25, -0.2) is 4.79 Å². The van der Waals surface area contributed by atoms with Gasteiger partial charge in [0.15, 0.2) is 0 Å². The molecule has 0 aliphatic carbocycles. The number of carbonyl (C=O) groups is 1. The molecule has 0 unspecified atom stereocenters. The molecular formula is C14H14O3. The maximum Gasteiger partial charge on any atom is 0.342 e. The zero-order chi connectivity index (χ0) is 12.4. The van der Waals surface area contributed by atoms with Crippen LogP contribution >= 0.6 is 0 Å². The Kier molecular flexibility index (Phi) is 3.00. The summed E-state index contributed by atoms with van der Waals surface area (Å²) in [4.78, 5) is 11.7. The van der Waals surface area contributed by atoms with E-state index in [-0.39, 0.29) is 17.4 Å². The standard InChI is InChI=1S/C14H14O3/c1-9(2)17-14(16)12-8-7-10-5-3-4-6-11(10)13(12)15/h3-9,15H,1-2H3. The highest BCUT2D eigenvalue weighted by atomic mass is 16.5. The van der Waals surface area contributed by atoms with Crippen LogP contribution in [-0.4, -0.2) is 17.2 Å². The van der Waals surface area contributed by atoms with E-state index in [0.29, 0.717) is 5.39 Å². The molecule has 0 atom stereocenters. The average molecular weight is 230 g/mol. The van der Waals surface area contributed by atoms with Crippen LogP contribution in [0.3, 0.4) is 0 Å². The van der Waals surface area contributed by atoms with Crippen LogP contribution in [0.4, 0.5) is 0 Å². The van der Waals surface area contributed by atoms with Crippen molar-refractivity contribution in [1.29, 1.82) is 0 Å². The number of phenolic OH excluding ortho intramolecular Hbond substituents is 1. The Hall–Kier alpha value is -2.03. The first-order valence-electron chi connectivity index (χ1n) is 5.51. The normalized spacial score (nSPS) is 10.8. The first-order valence-corrected chi connectivity index (χ1v) is 5.51. The van der Waals surface area contributed by atoms with Crippen molar-refractivity contribution < 1.29 is 14.6 Å². The van der Waals surface area contributed by atoms with Crippen LogP contribution < -0.4 is 0 Å². The van der Waals surface area contributed by atoms with E-state index in [1.54, 1.807) is 32.0 Å². The predicted molar refractivity (Wildman–Crippen MR) is 66.2 cm³/mol. The summed E-state index contributed by atoms with van der Waals surface area (Å²) in [7, 11) is 0. The van der Waals surface area contributed by atoms with Gasteiger partial charge in [-0.3, -0.25) is 0 Å². The van der Waals surface area contributed by atoms with Gasteiger partial charge in [-0.05, 0) is 25.3 Å². The third-order valence-corrected chi connectivity index (χ3v) is 2.46. The molecule has 2 aromatic rings. The fraction of sp³-hybridized carbons (Fsp3) is 0.214. The summed E-state index contributed by atoms with van der Waals surface area (Å²) in [6, 6.07) is 10.7. The molecule has 2 aromatic carbocycles. The second-order valence-electron chi connectivity index (χ2n) is 4.14. The number of hydrogen-bond donors (Lipinski definition) is 1. The first-order chi connectivity index (χ1) is 8.09. The molecule has 1 N–H and O–H groups in total. The molecule has 3 nitrogen and oxygen atoms in total. The molecule has 17 heavy (non-hydrogen) atoms. The molecule has 0 aliphatic rings. The largest absolute Gasteiger partial charge is 0.506 e. The van der Waals surface area contributed by atoms with Gasteiger partial charge < -0.3 is 9.84 Å². The Morgan fingerprint density at radius 2 is 1.88 bits per heavy atom. The molecule has 0 amide bonds. The van der Waals surface area contributed by atoms with Crippen molar-refractivity contribution in [3.05, 3.63) is 42.0 Å². The third-order valence-electron chi connectivity index (χ3n) is 2.46. The molecule has 0 bridgehead atoms. The van der Waals surface area contributed by atoms with E-state index < -0.39 is 5.97 Å². The minimum atomic E-state index is -0.497. The van der Waals surface area contributed by atoms with Crippen molar-refractivity contribution in [1.82, 2.24) is 0 Å². The maximum absolute atomic E-state index is 11.7. The molecule has 0 aromatic heterocycles. The summed E-state index contributed by atoms with van der Waals surface area (Å²) >= 11 is 0. The molecule has 0 saturated carbocycles. The van der Waals surface area contributed by atoms with Crippen molar-refractivity contribution in [3.8, 4) is 5.75 Å². The number of ether oxygens (including phenoxy) is 1. The summed E-state index contributed by atoms with van der Waals surface area (Å²) in [5.41, 5.74) is 0.206. The molecule has 0 aliphatic heterocycles. The number of benzene rings is 2. The van der Waals surface area contributed by atoms with Crippen LogP contribution in [0.25, 0.3) is 10.8 Å². The van der Waals surface area contributed by atoms with Crippen molar-refractivity contribution in [2.24, 2.45) is 0 Å². The van der Waals surface area contributed by atoms with Gasteiger partial charge in [-0.2, -0.15) is 0 Å². The van der Waals surface area contributed by atoms with E-state index in [2.05, 4.69) is 0 Å². The Morgan fingerprint density at radius 1 is 1.18 bits per heavy atom. The van der Waals surface area contributed by atoms with Gasteiger partial charge in [0.25, 0.3) is 0 Å². The lowest BCUT2D eigenvalue weighted by Gasteiger charge is -2.10. The SMILES string of the molecule is CC(C)OC(=O)c1ccc2ccccc2c1O. The number of phenols is 1. The number of fused-ring (bicyclic) bond motifs is 1. The monoisotopic (exact) mass is 230 g/mol. The predicted octanol–water partition coefficient (Wildman–Crippen LogP) is 3.11. The van der Waals surface area contributed by atoms with Crippen LogP contribution in [0.5, 0.6) is 5.75 Å². The molecule has 0 radical (unpaired) electrons. The Bertz CT molecular complexity index is 558. The molecular weight excluding hydrogens is 216 g/mol. The topological polar surface area (TPSA) is 46.5 Å². The van der Waals surface area contributed by atoms with E-state index in [1.165, 1.54) is 0 Å². The molecule has 0 saturated heterocycles. The first kappa shape index (κ1) is 11.5. The zero-order valence-corrected chi connectivity index (χ0v) is 9.81. The highest BCUT2D eigenvalue weighted by Crippen LogP contribution is 2.29. The van der Waals surface area contributed by atoms with Crippen molar-refractivity contribution >= 4 is 16.7 Å². The fourth-order valence-electron chi connectivity index (χ4n) is 1.70. The van der Waals surface area contributed by atoms with Crippen LogP contribution in [-0.2, 0) is 4.74 Å². The van der Waals surface area contributed by atoms with E-state index in [9.17, 15) is 9.90 Å². The van der Waals surface area contributed by atoms with Gasteiger partial charge in [0.2, 0.25) is 0 Å². The average Bonchev–Trinajstić information content (AvgIpc) is 2.28. The third kappa shape index (κ3) is 2.23. The van der Waals surface area contributed by atoms with E-state index in [0.717, 1.165) is 5.39 Å². The number of aromatic hydroxyl groups is 1. The smallest absolute Gasteiger partial charge is 0.342 e. The summed E-state index contributed by atoms with van der Waals surface area (Å²) in [5, 5.41) is 11.6. The van der Waals surface area contributed by atoms with Crippen molar-refractivity contribution in [2.45, 2.75) is 20.0 Å². The van der Waals surface area contributed by atoms with Crippen LogP contribution in [0.2, 0.25) is 0 Å². The van der Waals surface area contributed by atoms with Crippen LogP contribution in [0.15, 0.2) is 36.4 Å². The number of hydrogen-bond acceptors (Lipinski definition) is 3. The second kappa shape index (κ2) is 4.45. The van der Waals surface area contributed by atoms with Crippen molar-refractivity contribution in [2.75, 3.05) is 0 Å². The zero-order valence-electron chi connectivity index (χ0n) is 9.81. The molecule has 2 rings (SSSR count). The van der Waals surface area contributed by atoms with Gasteiger partial charge in [-0.1, -0.05) is 30.3 Å². The van der Waals surface area contributed by atoms with E-state index in [1.807, 2.05) is 18.2 Å². The van der Waals surface area contributed by atoms with Crippen LogP contribution in [0, 0.1) is 0 Å². The van der Waals surface area contributed by atoms with Gasteiger partial charge in [0.05, 0.1) is 6.10 Å². The minimum Gasteiger partial charge on any atom is -0.506 e. The van der Waals surface area contributed by atoms with E-state index >= 15 is 0 Å². The summed E-state index contributed by atoms with van der Waals surface area (Å²) in [6.45, 7) is 3.55. The molecule has 0 fully saturated rings. The molecule has 0 heterocycles. The summed E-state index contributed by atoms with van der Waals surface area (Å²) < 4.78 is 5.07. The summed E-state index contributed by atoms with van der Waals surface area (Å²) in [5.74, 6) is -0.517. The van der Waals surface area contributed by atoms with Crippen molar-refractivity contribution in [3.63, 3.8) is 0 Å². The summed E-state index contributed by atoms with van der Waals surface area (Å²) in [6.07, 6.45) is -0.201. The van der Waals surface area contributed by atoms with E-state index in [4.69, 9.17) is 4.74 Å². The molecule has 0 spiro atoms. The Morgan fingerprint density at radius 3 is 2.59 bits per heavy atom. The maximum atomic E-state index is 11.7. The lowest BCUT2D eigenvalue weighted by Crippen LogP contribution is -2.11. The van der Waals surface area contributed by atoms with Gasteiger partial charge in [-0.15, -0.1) is 0 Å². The van der Waals surface area contributed by atoms with Gasteiger partial charge in [0, 0.05) is 5.39 Å². The Labute approximate surface area is 99.6 Å². The number of carbonyl (C=O) groups excluding carboxylic acids is 1. The minimum absolute atomic E-state index is 0.0197. The number of rotatable bonds is 2.